The molecule has 0 bridgehead atoms. The monoisotopic (exact) mass is 546 g/mol. The van der Waals surface area contributed by atoms with Crippen molar-refractivity contribution in [3.63, 3.8) is 0 Å². The summed E-state index contributed by atoms with van der Waals surface area (Å²) in [7, 11) is 0. The average Bonchev–Trinajstić information content (AvgIpc) is 2.92. The fourth-order valence-electron chi connectivity index (χ4n) is 6.82. The first-order valence-corrected chi connectivity index (χ1v) is 15.7. The number of hydrogen-bond acceptors (Lipinski definition) is 4. The molecule has 0 amide bonds. The summed E-state index contributed by atoms with van der Waals surface area (Å²) in [6, 6.07) is 15.7. The molecule has 2 aliphatic carbocycles. The van der Waals surface area contributed by atoms with Crippen molar-refractivity contribution in [1.29, 1.82) is 0 Å². The molecule has 0 aliphatic heterocycles. The molecule has 0 aromatic heterocycles. The van der Waals surface area contributed by atoms with Crippen LogP contribution in [0.5, 0.6) is 0 Å². The lowest BCUT2D eigenvalue weighted by Gasteiger charge is -2.36. The molecule has 2 aliphatic rings. The third-order valence-corrected chi connectivity index (χ3v) is 9.52. The second-order valence-corrected chi connectivity index (χ2v) is 13.4. The molecule has 2 aromatic rings. The predicted octanol–water partition coefficient (Wildman–Crippen LogP) is 8.71. The largest absolute Gasteiger partial charge is 0.458 e. The molecule has 4 nitrogen and oxygen atoms in total. The lowest BCUT2D eigenvalue weighted by Crippen LogP contribution is -2.35. The smallest absolute Gasteiger partial charge is 0.338 e. The molecule has 0 unspecified atom stereocenters. The summed E-state index contributed by atoms with van der Waals surface area (Å²) in [5, 5.41) is 0. The van der Waals surface area contributed by atoms with Gasteiger partial charge >= 0.3 is 11.9 Å². The molecule has 0 spiro atoms. The van der Waals surface area contributed by atoms with E-state index in [4.69, 9.17) is 9.47 Å². The lowest BCUT2D eigenvalue weighted by atomic mass is 9.75. The van der Waals surface area contributed by atoms with Crippen LogP contribution in [0.25, 0.3) is 0 Å². The van der Waals surface area contributed by atoms with Crippen molar-refractivity contribution in [3.8, 4) is 0 Å². The highest BCUT2D eigenvalue weighted by molar-refractivity contribution is 5.90. The first-order chi connectivity index (χ1) is 19.1. The number of benzene rings is 2. The number of carbonyl (C=O) groups is 2. The van der Waals surface area contributed by atoms with E-state index in [1.807, 2.05) is 48.5 Å². The van der Waals surface area contributed by atoms with E-state index >= 15 is 0 Å². The fraction of sp³-hybridized carbons (Fsp3) is 0.611. The van der Waals surface area contributed by atoms with Gasteiger partial charge in [-0.1, -0.05) is 78.6 Å². The Morgan fingerprint density at radius 1 is 0.625 bits per heavy atom. The van der Waals surface area contributed by atoms with Gasteiger partial charge in [0, 0.05) is 0 Å². The molecule has 0 saturated heterocycles. The summed E-state index contributed by atoms with van der Waals surface area (Å²) in [5.41, 5.74) is 3.61. The molecule has 0 radical (unpaired) electrons. The zero-order valence-electron chi connectivity index (χ0n) is 25.5. The Balaban J connectivity index is 1.28. The van der Waals surface area contributed by atoms with E-state index in [1.54, 1.807) is 0 Å². The molecule has 40 heavy (non-hydrogen) atoms. The second kappa shape index (κ2) is 13.8. The minimum atomic E-state index is -0.207. The van der Waals surface area contributed by atoms with Crippen molar-refractivity contribution in [2.24, 2.45) is 35.5 Å². The molecule has 6 atom stereocenters. The van der Waals surface area contributed by atoms with E-state index in [1.165, 1.54) is 24.0 Å². The molecule has 4 heteroatoms. The third kappa shape index (κ3) is 7.98. The predicted molar refractivity (Wildman–Crippen MR) is 161 cm³/mol. The van der Waals surface area contributed by atoms with Gasteiger partial charge in [-0.25, -0.2) is 9.59 Å². The van der Waals surface area contributed by atoms with Crippen molar-refractivity contribution >= 4 is 11.9 Å². The van der Waals surface area contributed by atoms with E-state index in [2.05, 4.69) is 41.5 Å². The maximum absolute atomic E-state index is 12.9. The Morgan fingerprint density at radius 2 is 0.975 bits per heavy atom. The van der Waals surface area contributed by atoms with Crippen LogP contribution in [0.4, 0.5) is 0 Å². The van der Waals surface area contributed by atoms with Crippen molar-refractivity contribution in [3.05, 3.63) is 70.8 Å². The van der Waals surface area contributed by atoms with E-state index in [0.717, 1.165) is 38.5 Å². The number of hydrogen-bond donors (Lipinski definition) is 0. The highest BCUT2D eigenvalue weighted by Crippen LogP contribution is 2.37. The van der Waals surface area contributed by atoms with Crippen LogP contribution in [-0.2, 0) is 22.3 Å². The van der Waals surface area contributed by atoms with Gasteiger partial charge in [0.2, 0.25) is 0 Å². The number of carbonyl (C=O) groups excluding carboxylic acids is 2. The van der Waals surface area contributed by atoms with Gasteiger partial charge in [-0.05, 0) is 109 Å². The highest BCUT2D eigenvalue weighted by Gasteiger charge is 2.34. The van der Waals surface area contributed by atoms with Crippen LogP contribution in [0.2, 0.25) is 0 Å². The SMILES string of the molecule is CC(C)[C@H]1CC[C@@H](C)C[C@H]1OC(=O)c1ccc(CCc2ccc(C(=O)O[C@@H]3C[C@@H](C)CC[C@@H]3C(C)C)cc2)cc1. The van der Waals surface area contributed by atoms with Gasteiger partial charge in [0.25, 0.3) is 0 Å². The molecule has 218 valence electrons. The van der Waals surface area contributed by atoms with E-state index in [-0.39, 0.29) is 24.1 Å². The maximum Gasteiger partial charge on any atom is 0.338 e. The molecular formula is C36H50O4. The van der Waals surface area contributed by atoms with Crippen LogP contribution >= 0.6 is 0 Å². The van der Waals surface area contributed by atoms with Crippen LogP contribution in [0, 0.1) is 35.5 Å². The van der Waals surface area contributed by atoms with Gasteiger partial charge in [0.15, 0.2) is 0 Å². The normalized spacial score (nSPS) is 27.0. The molecular weight excluding hydrogens is 496 g/mol. The second-order valence-electron chi connectivity index (χ2n) is 13.4. The third-order valence-electron chi connectivity index (χ3n) is 9.52. The van der Waals surface area contributed by atoms with Crippen LogP contribution in [0.15, 0.2) is 48.5 Å². The Hall–Kier alpha value is -2.62. The van der Waals surface area contributed by atoms with Crippen LogP contribution in [0.3, 0.4) is 0 Å². The Bertz CT molecular complexity index is 1010. The van der Waals surface area contributed by atoms with Gasteiger partial charge < -0.3 is 9.47 Å². The van der Waals surface area contributed by atoms with Gasteiger partial charge in [0.05, 0.1) is 11.1 Å². The van der Waals surface area contributed by atoms with E-state index in [9.17, 15) is 9.59 Å². The summed E-state index contributed by atoms with van der Waals surface area (Å²) in [6.07, 6.45) is 8.39. The fourth-order valence-corrected chi connectivity index (χ4v) is 6.82. The van der Waals surface area contributed by atoms with Gasteiger partial charge in [-0.15, -0.1) is 0 Å². The summed E-state index contributed by atoms with van der Waals surface area (Å²) in [5.74, 6) is 2.72. The number of rotatable bonds is 9. The zero-order chi connectivity index (χ0) is 28.8. The summed E-state index contributed by atoms with van der Waals surface area (Å²) >= 11 is 0. The lowest BCUT2D eigenvalue weighted by molar-refractivity contribution is -0.0181. The molecule has 2 aromatic carbocycles. The number of ether oxygens (including phenoxy) is 2. The molecule has 0 N–H and O–H groups in total. The topological polar surface area (TPSA) is 52.6 Å². The van der Waals surface area contributed by atoms with Gasteiger partial charge in [-0.3, -0.25) is 0 Å². The van der Waals surface area contributed by atoms with E-state index in [0.29, 0.717) is 46.6 Å². The summed E-state index contributed by atoms with van der Waals surface area (Å²) in [6.45, 7) is 13.4. The minimum absolute atomic E-state index is 0.0130. The Kier molecular flexibility index (Phi) is 10.5. The number of aryl methyl sites for hydroxylation is 2. The molecule has 4 rings (SSSR count). The standard InChI is InChI=1S/C36H50O4/c1-23(2)31-19-7-25(5)21-33(31)39-35(37)29-15-11-27(12-16-29)9-10-28-13-17-30(18-14-28)36(38)40-34-22-26(6)8-20-32(34)24(3)4/h11-18,23-26,31-34H,7-10,19-22H2,1-6H3/t25-,26+,31-,32-,33-,34-/m1/s1. The molecule has 2 fully saturated rings. The quantitative estimate of drug-likeness (QED) is 0.295. The van der Waals surface area contributed by atoms with Crippen molar-refractivity contribution in [2.75, 3.05) is 0 Å². The van der Waals surface area contributed by atoms with Crippen molar-refractivity contribution in [1.82, 2.24) is 0 Å². The number of esters is 2. The highest BCUT2D eigenvalue weighted by atomic mass is 16.5. The Labute approximate surface area is 242 Å². The van der Waals surface area contributed by atoms with Crippen molar-refractivity contribution in [2.45, 2.75) is 105 Å². The van der Waals surface area contributed by atoms with Crippen LogP contribution < -0.4 is 0 Å². The van der Waals surface area contributed by atoms with Crippen LogP contribution in [-0.4, -0.2) is 24.1 Å². The maximum atomic E-state index is 12.9. The summed E-state index contributed by atoms with van der Waals surface area (Å²) in [4.78, 5) is 25.8. The molecule has 0 heterocycles. The average molecular weight is 547 g/mol. The first-order valence-electron chi connectivity index (χ1n) is 15.7. The summed E-state index contributed by atoms with van der Waals surface area (Å²) < 4.78 is 12.0. The van der Waals surface area contributed by atoms with Gasteiger partial charge in [0.1, 0.15) is 12.2 Å². The van der Waals surface area contributed by atoms with E-state index < -0.39 is 0 Å². The minimum Gasteiger partial charge on any atom is -0.458 e. The van der Waals surface area contributed by atoms with Crippen molar-refractivity contribution < 1.29 is 19.1 Å². The first kappa shape index (κ1) is 30.3. The Morgan fingerprint density at radius 3 is 1.30 bits per heavy atom. The van der Waals surface area contributed by atoms with Crippen LogP contribution in [0.1, 0.15) is 112 Å². The molecule has 2 saturated carbocycles. The zero-order valence-corrected chi connectivity index (χ0v) is 25.5. The van der Waals surface area contributed by atoms with Gasteiger partial charge in [-0.2, -0.15) is 0 Å².